The average molecular weight is 477 g/mol. The largest absolute Gasteiger partial charge is 0.497 e. The second-order valence-corrected chi connectivity index (χ2v) is 9.66. The zero-order chi connectivity index (χ0) is 23.7. The van der Waals surface area contributed by atoms with Gasteiger partial charge >= 0.3 is 0 Å². The number of fused-ring (bicyclic) bond motifs is 1. The molecule has 5 rings (SSSR count). The van der Waals surface area contributed by atoms with Crippen LogP contribution in [0.3, 0.4) is 0 Å². The summed E-state index contributed by atoms with van der Waals surface area (Å²) in [6.45, 7) is 1.91. The van der Waals surface area contributed by atoms with Crippen LogP contribution in [0.2, 0.25) is 0 Å². The highest BCUT2D eigenvalue weighted by Gasteiger charge is 2.41. The first-order chi connectivity index (χ1) is 16.6. The predicted octanol–water partition coefficient (Wildman–Crippen LogP) is 4.43. The van der Waals surface area contributed by atoms with Gasteiger partial charge in [0.1, 0.15) is 16.8 Å². The first-order valence-corrected chi connectivity index (χ1v) is 12.6. The molecule has 1 atom stereocenters. The Morgan fingerprint density at radius 3 is 2.44 bits per heavy atom. The number of aryl methyl sites for hydroxylation is 1. The highest BCUT2D eigenvalue weighted by atomic mass is 32.2. The molecule has 2 aromatic carbocycles. The van der Waals surface area contributed by atoms with Crippen molar-refractivity contribution in [1.29, 1.82) is 0 Å². The molecule has 34 heavy (non-hydrogen) atoms. The standard InChI is InChI=1S/C26H28N4O3S/c1-17-23-24(25(32)27-18-8-6-7-9-18)29(19-12-14-21(33-2)15-13-19)22(31)16-34-26(23)30(28-17)20-10-4-3-5-11-20/h3-5,10-15,18,24H,6-9,16H2,1-2H3,(H,27,32)/t24-/m0/s1. The molecule has 1 fully saturated rings. The number of aromatic nitrogens is 2. The fourth-order valence-corrected chi connectivity index (χ4v) is 5.91. The molecule has 2 aliphatic rings. The zero-order valence-electron chi connectivity index (χ0n) is 19.4. The molecule has 0 radical (unpaired) electrons. The maximum Gasteiger partial charge on any atom is 0.248 e. The number of nitrogens with one attached hydrogen (secondary N) is 1. The lowest BCUT2D eigenvalue weighted by Crippen LogP contribution is -2.46. The quantitative estimate of drug-likeness (QED) is 0.590. The molecule has 1 aliphatic heterocycles. The third kappa shape index (κ3) is 4.18. The number of carbonyl (C=O) groups excluding carboxylic acids is 2. The van der Waals surface area contributed by atoms with Gasteiger partial charge < -0.3 is 10.1 Å². The van der Waals surface area contributed by atoms with Crippen molar-refractivity contribution in [3.63, 3.8) is 0 Å². The Kier molecular flexibility index (Phi) is 6.32. The Balaban J connectivity index is 1.64. The number of benzene rings is 2. The normalized spacial score (nSPS) is 18.5. The van der Waals surface area contributed by atoms with E-state index in [4.69, 9.17) is 9.84 Å². The van der Waals surface area contributed by atoms with Crippen LogP contribution in [0.15, 0.2) is 59.6 Å². The Morgan fingerprint density at radius 2 is 1.76 bits per heavy atom. The van der Waals surface area contributed by atoms with Crippen molar-refractivity contribution in [3.8, 4) is 11.4 Å². The Bertz CT molecular complexity index is 1190. The third-order valence-electron chi connectivity index (χ3n) is 6.50. The Morgan fingerprint density at radius 1 is 1.06 bits per heavy atom. The Labute approximate surface area is 203 Å². The van der Waals surface area contributed by atoms with Crippen LogP contribution in [0.1, 0.15) is 43.0 Å². The third-order valence-corrected chi connectivity index (χ3v) is 7.55. The lowest BCUT2D eigenvalue weighted by molar-refractivity contribution is -0.126. The summed E-state index contributed by atoms with van der Waals surface area (Å²) < 4.78 is 7.16. The molecule has 0 spiro atoms. The molecule has 176 valence electrons. The zero-order valence-corrected chi connectivity index (χ0v) is 20.2. The molecule has 0 saturated heterocycles. The Hall–Kier alpha value is -3.26. The number of nitrogens with zero attached hydrogens (tertiary/aromatic N) is 3. The lowest BCUT2D eigenvalue weighted by atomic mass is 10.0. The maximum absolute atomic E-state index is 13.8. The van der Waals surface area contributed by atoms with Gasteiger partial charge in [0.15, 0.2) is 0 Å². The molecule has 2 heterocycles. The van der Waals surface area contributed by atoms with Gasteiger partial charge in [0.2, 0.25) is 11.8 Å². The van der Waals surface area contributed by atoms with Gasteiger partial charge in [-0.2, -0.15) is 5.10 Å². The fourth-order valence-electron chi connectivity index (χ4n) is 4.82. The number of rotatable bonds is 5. The molecular weight excluding hydrogens is 448 g/mol. The van der Waals surface area contributed by atoms with Crippen LogP contribution in [0.4, 0.5) is 5.69 Å². The monoisotopic (exact) mass is 476 g/mol. The van der Waals surface area contributed by atoms with E-state index in [1.807, 2.05) is 66.2 Å². The van der Waals surface area contributed by atoms with E-state index in [0.29, 0.717) is 11.4 Å². The number of hydrogen-bond acceptors (Lipinski definition) is 5. The number of carbonyl (C=O) groups is 2. The fraction of sp³-hybridized carbons (Fsp3) is 0.346. The highest BCUT2D eigenvalue weighted by molar-refractivity contribution is 8.00. The molecule has 7 nitrogen and oxygen atoms in total. The van der Waals surface area contributed by atoms with Gasteiger partial charge in [-0.15, -0.1) is 0 Å². The minimum absolute atomic E-state index is 0.114. The van der Waals surface area contributed by atoms with E-state index >= 15 is 0 Å². The summed E-state index contributed by atoms with van der Waals surface area (Å²) in [4.78, 5) is 29.0. The smallest absolute Gasteiger partial charge is 0.248 e. The van der Waals surface area contributed by atoms with Gasteiger partial charge in [-0.25, -0.2) is 4.68 Å². The summed E-state index contributed by atoms with van der Waals surface area (Å²) in [5.41, 5.74) is 3.09. The highest BCUT2D eigenvalue weighted by Crippen LogP contribution is 2.41. The van der Waals surface area contributed by atoms with Crippen LogP contribution in [0.25, 0.3) is 5.69 Å². The number of amides is 2. The van der Waals surface area contributed by atoms with Crippen molar-refractivity contribution >= 4 is 29.3 Å². The topological polar surface area (TPSA) is 76.5 Å². The van der Waals surface area contributed by atoms with Crippen molar-refractivity contribution in [2.75, 3.05) is 17.8 Å². The second-order valence-electron chi connectivity index (χ2n) is 8.69. The van der Waals surface area contributed by atoms with Crippen LogP contribution in [0.5, 0.6) is 5.75 Å². The number of hydrogen-bond donors (Lipinski definition) is 1. The maximum atomic E-state index is 13.8. The van der Waals surface area contributed by atoms with E-state index in [9.17, 15) is 9.59 Å². The van der Waals surface area contributed by atoms with Gasteiger partial charge in [-0.1, -0.05) is 42.8 Å². The van der Waals surface area contributed by atoms with Crippen LogP contribution in [-0.2, 0) is 9.59 Å². The summed E-state index contributed by atoms with van der Waals surface area (Å²) in [7, 11) is 1.61. The molecule has 1 aliphatic carbocycles. The summed E-state index contributed by atoms with van der Waals surface area (Å²) >= 11 is 1.43. The van der Waals surface area contributed by atoms with E-state index < -0.39 is 6.04 Å². The molecular formula is C26H28N4O3S. The summed E-state index contributed by atoms with van der Waals surface area (Å²) in [6.07, 6.45) is 4.17. The number of thioether (sulfide) groups is 1. The van der Waals surface area contributed by atoms with Gasteiger partial charge in [-0.05, 0) is 56.2 Å². The van der Waals surface area contributed by atoms with E-state index in [-0.39, 0.29) is 23.6 Å². The van der Waals surface area contributed by atoms with Crippen molar-refractivity contribution < 1.29 is 14.3 Å². The van der Waals surface area contributed by atoms with Gasteiger partial charge in [0, 0.05) is 17.3 Å². The predicted molar refractivity (Wildman–Crippen MR) is 133 cm³/mol. The first-order valence-electron chi connectivity index (χ1n) is 11.6. The van der Waals surface area contributed by atoms with Crippen LogP contribution in [0, 0.1) is 6.92 Å². The number of para-hydroxylation sites is 1. The van der Waals surface area contributed by atoms with Crippen molar-refractivity contribution in [2.45, 2.75) is 49.7 Å². The van der Waals surface area contributed by atoms with E-state index in [1.165, 1.54) is 11.8 Å². The van der Waals surface area contributed by atoms with Gasteiger partial charge in [0.25, 0.3) is 0 Å². The van der Waals surface area contributed by atoms with Gasteiger partial charge in [-0.3, -0.25) is 14.5 Å². The van der Waals surface area contributed by atoms with Crippen LogP contribution < -0.4 is 15.0 Å². The lowest BCUT2D eigenvalue weighted by Gasteiger charge is -2.30. The summed E-state index contributed by atoms with van der Waals surface area (Å²) in [5.74, 6) is 0.637. The number of methoxy groups -OCH3 is 1. The van der Waals surface area contributed by atoms with Crippen molar-refractivity contribution in [1.82, 2.24) is 15.1 Å². The molecule has 2 amide bonds. The van der Waals surface area contributed by atoms with Crippen LogP contribution in [-0.4, -0.2) is 40.5 Å². The van der Waals surface area contributed by atoms with Crippen LogP contribution >= 0.6 is 11.8 Å². The molecule has 1 aromatic heterocycles. The summed E-state index contributed by atoms with van der Waals surface area (Å²) in [6, 6.07) is 16.5. The minimum Gasteiger partial charge on any atom is -0.497 e. The number of anilines is 1. The van der Waals surface area contributed by atoms with Crippen molar-refractivity contribution in [3.05, 3.63) is 65.9 Å². The second kappa shape index (κ2) is 9.54. The van der Waals surface area contributed by atoms with Gasteiger partial charge in [0.05, 0.1) is 24.2 Å². The average Bonchev–Trinajstić information content (AvgIpc) is 3.45. The number of ether oxygens (including phenoxy) is 1. The minimum atomic E-state index is -0.802. The SMILES string of the molecule is COc1ccc(N2C(=O)CSc3c(c(C)nn3-c3ccccc3)[C@H]2C(=O)NC2CCCC2)cc1. The summed E-state index contributed by atoms with van der Waals surface area (Å²) in [5, 5.41) is 8.87. The first kappa shape index (κ1) is 22.5. The molecule has 1 saturated carbocycles. The molecule has 1 N–H and O–H groups in total. The van der Waals surface area contributed by atoms with E-state index in [2.05, 4.69) is 5.32 Å². The molecule has 3 aromatic rings. The van der Waals surface area contributed by atoms with E-state index in [0.717, 1.165) is 47.7 Å². The van der Waals surface area contributed by atoms with Crippen molar-refractivity contribution in [2.24, 2.45) is 0 Å². The molecule has 8 heteroatoms. The molecule has 0 unspecified atom stereocenters. The molecule has 0 bridgehead atoms. The van der Waals surface area contributed by atoms with E-state index in [1.54, 1.807) is 12.0 Å².